The Kier molecular flexibility index (Phi) is 6.20. The second-order valence-corrected chi connectivity index (χ2v) is 7.27. The highest BCUT2D eigenvalue weighted by Gasteiger charge is 2.65. The molecule has 0 saturated carbocycles. The number of aromatic nitrogens is 1. The summed E-state index contributed by atoms with van der Waals surface area (Å²) in [6, 6.07) is 8.18. The van der Waals surface area contributed by atoms with Crippen LogP contribution in [0, 0.1) is 11.3 Å². The van der Waals surface area contributed by atoms with Gasteiger partial charge in [0.2, 0.25) is 0 Å². The van der Waals surface area contributed by atoms with Gasteiger partial charge in [-0.25, -0.2) is 9.78 Å². The standard InChI is InChI=1S/C22H11F7N4O4/c23-20(24,25)15-9-13(35-14-5-6-31-12(7-14)10-30)2-3-16(15)33-19(34)32-11-1-4-17-18(8-11)37-22(28,29)21(26,27)36-17/h1-9H,(H2,32,33,34). The Hall–Kier alpha value is -4.74. The lowest BCUT2D eigenvalue weighted by Gasteiger charge is -2.31. The van der Waals surface area contributed by atoms with Crippen LogP contribution in [0.3, 0.4) is 0 Å². The number of pyridine rings is 1. The summed E-state index contributed by atoms with van der Waals surface area (Å²) >= 11 is 0. The number of rotatable bonds is 4. The topological polar surface area (TPSA) is 106 Å². The van der Waals surface area contributed by atoms with E-state index in [2.05, 4.69) is 19.8 Å². The van der Waals surface area contributed by atoms with Crippen molar-refractivity contribution in [3.8, 4) is 29.1 Å². The molecule has 0 radical (unpaired) electrons. The number of nitrogens with one attached hydrogen (secondary N) is 2. The molecule has 3 aromatic rings. The Bertz CT molecular complexity index is 1410. The normalized spacial score (nSPS) is 15.3. The van der Waals surface area contributed by atoms with Gasteiger partial charge in [-0.2, -0.15) is 36.0 Å². The number of amides is 2. The Balaban J connectivity index is 1.52. The molecule has 15 heteroatoms. The van der Waals surface area contributed by atoms with Crippen LogP contribution in [0.4, 0.5) is 46.9 Å². The number of fused-ring (bicyclic) bond motifs is 1. The predicted molar refractivity (Wildman–Crippen MR) is 111 cm³/mol. The van der Waals surface area contributed by atoms with Gasteiger partial charge in [-0.15, -0.1) is 0 Å². The average Bonchev–Trinajstić information content (AvgIpc) is 2.80. The zero-order valence-electron chi connectivity index (χ0n) is 17.9. The van der Waals surface area contributed by atoms with Crippen molar-refractivity contribution in [3.05, 3.63) is 66.0 Å². The molecule has 4 rings (SSSR count). The van der Waals surface area contributed by atoms with Gasteiger partial charge in [0.15, 0.2) is 11.5 Å². The molecule has 2 heterocycles. The lowest BCUT2D eigenvalue weighted by molar-refractivity contribution is -0.391. The van der Waals surface area contributed by atoms with Gasteiger partial charge in [0, 0.05) is 24.0 Å². The maximum absolute atomic E-state index is 13.6. The fourth-order valence-electron chi connectivity index (χ4n) is 3.03. The molecule has 192 valence electrons. The maximum atomic E-state index is 13.6. The number of halogens is 7. The molecule has 0 spiro atoms. The largest absolute Gasteiger partial charge is 0.507 e. The van der Waals surface area contributed by atoms with Gasteiger partial charge in [-0.1, -0.05) is 0 Å². The van der Waals surface area contributed by atoms with Crippen molar-refractivity contribution in [1.82, 2.24) is 4.98 Å². The monoisotopic (exact) mass is 528 g/mol. The Morgan fingerprint density at radius 1 is 0.919 bits per heavy atom. The number of nitriles is 1. The first-order chi connectivity index (χ1) is 17.3. The summed E-state index contributed by atoms with van der Waals surface area (Å²) in [4.78, 5) is 16.0. The second-order valence-electron chi connectivity index (χ2n) is 7.27. The third-order valence-corrected chi connectivity index (χ3v) is 4.64. The first-order valence-electron chi connectivity index (χ1n) is 9.88. The number of anilines is 2. The third kappa shape index (κ3) is 5.42. The van der Waals surface area contributed by atoms with E-state index in [4.69, 9.17) is 10.00 Å². The van der Waals surface area contributed by atoms with E-state index in [1.54, 1.807) is 6.07 Å². The number of benzene rings is 2. The van der Waals surface area contributed by atoms with Gasteiger partial charge in [-0.05, 0) is 36.4 Å². The van der Waals surface area contributed by atoms with Gasteiger partial charge in [0.1, 0.15) is 23.3 Å². The average molecular weight is 528 g/mol. The van der Waals surface area contributed by atoms with E-state index >= 15 is 0 Å². The SMILES string of the molecule is N#Cc1cc(Oc2ccc(NC(=O)Nc3ccc4c(c3)OC(F)(F)C(F)(F)O4)c(C(F)(F)F)c2)ccn1. The van der Waals surface area contributed by atoms with Crippen molar-refractivity contribution in [3.63, 3.8) is 0 Å². The lowest BCUT2D eigenvalue weighted by Crippen LogP contribution is -2.52. The number of carbonyl (C=O) groups is 1. The van der Waals surface area contributed by atoms with Gasteiger partial charge >= 0.3 is 24.4 Å². The van der Waals surface area contributed by atoms with Crippen LogP contribution in [0.2, 0.25) is 0 Å². The van der Waals surface area contributed by atoms with Gasteiger partial charge in [0.05, 0.1) is 11.3 Å². The van der Waals surface area contributed by atoms with Crippen molar-refractivity contribution in [2.45, 2.75) is 18.4 Å². The van der Waals surface area contributed by atoms with Crippen LogP contribution in [-0.4, -0.2) is 23.2 Å². The molecule has 0 aliphatic carbocycles. The first kappa shape index (κ1) is 25.4. The minimum atomic E-state index is -5.00. The smallest absolute Gasteiger partial charge is 0.457 e. The summed E-state index contributed by atoms with van der Waals surface area (Å²) < 4.78 is 107. The molecule has 0 unspecified atom stereocenters. The molecule has 1 aliphatic heterocycles. The lowest BCUT2D eigenvalue weighted by atomic mass is 10.1. The molecule has 0 fully saturated rings. The van der Waals surface area contributed by atoms with Crippen molar-refractivity contribution in [1.29, 1.82) is 5.26 Å². The molecule has 1 aliphatic rings. The molecular weight excluding hydrogens is 517 g/mol. The van der Waals surface area contributed by atoms with Crippen molar-refractivity contribution in [2.24, 2.45) is 0 Å². The zero-order chi connectivity index (χ0) is 27.0. The minimum Gasteiger partial charge on any atom is -0.457 e. The number of ether oxygens (including phenoxy) is 3. The number of nitrogens with zero attached hydrogens (tertiary/aromatic N) is 2. The fourth-order valence-corrected chi connectivity index (χ4v) is 3.03. The minimum absolute atomic E-state index is 0.0277. The Labute approximate surface area is 202 Å². The van der Waals surface area contributed by atoms with Crippen LogP contribution >= 0.6 is 0 Å². The highest BCUT2D eigenvalue weighted by molar-refractivity contribution is 6.00. The third-order valence-electron chi connectivity index (χ3n) is 4.64. The summed E-state index contributed by atoms with van der Waals surface area (Å²) in [7, 11) is 0. The second kappa shape index (κ2) is 9.04. The molecule has 1 aromatic heterocycles. The number of carbonyl (C=O) groups excluding carboxylic acids is 1. The van der Waals surface area contributed by atoms with Gasteiger partial charge in [0.25, 0.3) is 0 Å². The van der Waals surface area contributed by atoms with E-state index in [1.165, 1.54) is 18.3 Å². The number of alkyl halides is 7. The molecule has 37 heavy (non-hydrogen) atoms. The molecule has 0 atom stereocenters. The van der Waals surface area contributed by atoms with Crippen molar-refractivity contribution >= 4 is 17.4 Å². The molecule has 2 amide bonds. The van der Waals surface area contributed by atoms with Gasteiger partial charge in [-0.3, -0.25) is 0 Å². The van der Waals surface area contributed by atoms with E-state index in [9.17, 15) is 35.5 Å². The van der Waals surface area contributed by atoms with Crippen LogP contribution < -0.4 is 24.8 Å². The Morgan fingerprint density at radius 2 is 1.59 bits per heavy atom. The molecule has 0 saturated heterocycles. The van der Waals surface area contributed by atoms with Crippen molar-refractivity contribution < 1.29 is 49.7 Å². The van der Waals surface area contributed by atoms with E-state index in [1.807, 2.05) is 5.32 Å². The summed E-state index contributed by atoms with van der Waals surface area (Å²) in [6.45, 7) is 0. The number of hydrogen-bond acceptors (Lipinski definition) is 6. The zero-order valence-corrected chi connectivity index (χ0v) is 17.9. The fraction of sp³-hybridized carbons (Fsp3) is 0.136. The molecule has 8 nitrogen and oxygen atoms in total. The molecule has 2 aromatic carbocycles. The van der Waals surface area contributed by atoms with E-state index in [0.29, 0.717) is 6.07 Å². The van der Waals surface area contributed by atoms with Crippen LogP contribution in [0.1, 0.15) is 11.3 Å². The number of urea groups is 1. The summed E-state index contributed by atoms with van der Waals surface area (Å²) in [5.41, 5.74) is -2.28. The predicted octanol–water partition coefficient (Wildman–Crippen LogP) is 6.37. The molecular formula is C22H11F7N4O4. The maximum Gasteiger partial charge on any atom is 0.507 e. The summed E-state index contributed by atoms with van der Waals surface area (Å²) in [5.74, 6) is -1.80. The van der Waals surface area contributed by atoms with E-state index in [0.717, 1.165) is 30.3 Å². The van der Waals surface area contributed by atoms with Crippen LogP contribution in [0.15, 0.2) is 54.7 Å². The van der Waals surface area contributed by atoms with Crippen LogP contribution in [-0.2, 0) is 6.18 Å². The van der Waals surface area contributed by atoms with Crippen LogP contribution in [0.25, 0.3) is 0 Å². The van der Waals surface area contributed by atoms with Gasteiger partial charge < -0.3 is 24.8 Å². The highest BCUT2D eigenvalue weighted by atomic mass is 19.4. The molecule has 0 bridgehead atoms. The van der Waals surface area contributed by atoms with Crippen molar-refractivity contribution in [2.75, 3.05) is 10.6 Å². The first-order valence-corrected chi connectivity index (χ1v) is 9.88. The highest BCUT2D eigenvalue weighted by Crippen LogP contribution is 2.47. The number of hydrogen-bond donors (Lipinski definition) is 2. The van der Waals surface area contributed by atoms with E-state index < -0.39 is 47.2 Å². The quantitative estimate of drug-likeness (QED) is 0.382. The summed E-state index contributed by atoms with van der Waals surface area (Å²) in [5, 5.41) is 12.9. The van der Waals surface area contributed by atoms with E-state index in [-0.39, 0.29) is 22.9 Å². The summed E-state index contributed by atoms with van der Waals surface area (Å²) in [6.07, 6.45) is -13.7. The molecule has 2 N–H and O–H groups in total. The van der Waals surface area contributed by atoms with Crippen LogP contribution in [0.5, 0.6) is 23.0 Å². The Morgan fingerprint density at radius 3 is 2.27 bits per heavy atom.